The smallest absolute Gasteiger partial charge is 0.336 e. The lowest BCUT2D eigenvalue weighted by molar-refractivity contribution is 0.0697. The summed E-state index contributed by atoms with van der Waals surface area (Å²) in [7, 11) is 0. The quantitative estimate of drug-likeness (QED) is 0.759. The van der Waals surface area contributed by atoms with Crippen LogP contribution in [0.1, 0.15) is 36.7 Å². The molecule has 0 bridgehead atoms. The first-order chi connectivity index (χ1) is 10.8. The number of benzene rings is 1. The maximum atomic E-state index is 11.6. The van der Waals surface area contributed by atoms with E-state index in [1.165, 1.54) is 16.1 Å². The van der Waals surface area contributed by atoms with E-state index in [9.17, 15) is 9.90 Å². The average Bonchev–Trinajstić information content (AvgIpc) is 2.84. The molecule has 6 nitrogen and oxygen atoms in total. The van der Waals surface area contributed by atoms with Crippen molar-refractivity contribution in [3.63, 3.8) is 0 Å². The number of nitrogens with two attached hydrogens (primary N) is 1. The van der Waals surface area contributed by atoms with Gasteiger partial charge >= 0.3 is 5.97 Å². The van der Waals surface area contributed by atoms with Crippen molar-refractivity contribution in [3.8, 4) is 11.1 Å². The molecule has 3 aromatic rings. The first-order valence-corrected chi connectivity index (χ1v) is 7.26. The van der Waals surface area contributed by atoms with Gasteiger partial charge in [-0.2, -0.15) is 4.98 Å². The number of hydrogen-bond donors (Lipinski definition) is 2. The second kappa shape index (κ2) is 5.08. The van der Waals surface area contributed by atoms with Crippen molar-refractivity contribution in [3.05, 3.63) is 47.7 Å². The standard InChI is InChI=1S/C17H18N4O2/c1-17(2,3)11-6-4-10(5-7-11)13-9-21-14(19-16(18)20-21)8-12(13)15(22)23/h4-9H,1-3H3,(H2,18,20)(H,22,23). The lowest BCUT2D eigenvalue weighted by atomic mass is 9.86. The summed E-state index contributed by atoms with van der Waals surface area (Å²) in [5, 5.41) is 13.5. The predicted octanol–water partition coefficient (Wildman–Crippen LogP) is 2.97. The summed E-state index contributed by atoms with van der Waals surface area (Å²) in [6.07, 6.45) is 1.65. The highest BCUT2D eigenvalue weighted by molar-refractivity contribution is 5.97. The number of hydrogen-bond acceptors (Lipinski definition) is 4. The number of carboxylic acids is 1. The maximum absolute atomic E-state index is 11.6. The maximum Gasteiger partial charge on any atom is 0.336 e. The molecule has 2 aromatic heterocycles. The fraction of sp³-hybridized carbons (Fsp3) is 0.235. The van der Waals surface area contributed by atoms with Gasteiger partial charge in [0.2, 0.25) is 5.95 Å². The molecule has 0 amide bonds. The van der Waals surface area contributed by atoms with Gasteiger partial charge in [0.25, 0.3) is 0 Å². The average molecular weight is 310 g/mol. The van der Waals surface area contributed by atoms with E-state index in [-0.39, 0.29) is 16.9 Å². The molecule has 1 aromatic carbocycles. The van der Waals surface area contributed by atoms with Gasteiger partial charge in [-0.1, -0.05) is 45.0 Å². The van der Waals surface area contributed by atoms with E-state index in [1.54, 1.807) is 6.20 Å². The van der Waals surface area contributed by atoms with Crippen LogP contribution in [0.2, 0.25) is 0 Å². The Morgan fingerprint density at radius 1 is 1.22 bits per heavy atom. The summed E-state index contributed by atoms with van der Waals surface area (Å²) in [6.45, 7) is 6.40. The van der Waals surface area contributed by atoms with E-state index in [2.05, 4.69) is 30.9 Å². The van der Waals surface area contributed by atoms with Crippen LogP contribution < -0.4 is 5.73 Å². The van der Waals surface area contributed by atoms with E-state index in [0.717, 1.165) is 5.56 Å². The van der Waals surface area contributed by atoms with Gasteiger partial charge in [0, 0.05) is 11.8 Å². The molecule has 0 saturated heterocycles. The lowest BCUT2D eigenvalue weighted by Crippen LogP contribution is -2.10. The van der Waals surface area contributed by atoms with Gasteiger partial charge in [0.15, 0.2) is 5.65 Å². The van der Waals surface area contributed by atoms with Crippen LogP contribution in [0.3, 0.4) is 0 Å². The molecule has 3 N–H and O–H groups in total. The Morgan fingerprint density at radius 3 is 2.43 bits per heavy atom. The SMILES string of the molecule is CC(C)(C)c1ccc(-c2cn3nc(N)nc3cc2C(=O)O)cc1. The van der Waals surface area contributed by atoms with Crippen LogP contribution in [0.5, 0.6) is 0 Å². The number of nitrogen functional groups attached to an aromatic ring is 1. The molecule has 23 heavy (non-hydrogen) atoms. The van der Waals surface area contributed by atoms with Crippen LogP contribution in [-0.2, 0) is 5.41 Å². The largest absolute Gasteiger partial charge is 0.478 e. The molecule has 0 atom stereocenters. The molecule has 3 rings (SSSR count). The zero-order valence-corrected chi connectivity index (χ0v) is 13.2. The van der Waals surface area contributed by atoms with Crippen LogP contribution in [0.15, 0.2) is 36.5 Å². The van der Waals surface area contributed by atoms with E-state index in [4.69, 9.17) is 5.73 Å². The molecule has 0 fully saturated rings. The van der Waals surface area contributed by atoms with Gasteiger partial charge in [-0.05, 0) is 22.6 Å². The van der Waals surface area contributed by atoms with Gasteiger partial charge in [-0.3, -0.25) is 0 Å². The van der Waals surface area contributed by atoms with Crippen molar-refractivity contribution in [2.24, 2.45) is 0 Å². The summed E-state index contributed by atoms with van der Waals surface area (Å²) in [5.74, 6) is -0.898. The number of anilines is 1. The molecule has 0 radical (unpaired) electrons. The molecule has 0 spiro atoms. The van der Waals surface area contributed by atoms with Crippen molar-refractivity contribution >= 4 is 17.6 Å². The predicted molar refractivity (Wildman–Crippen MR) is 88.5 cm³/mol. The topological polar surface area (TPSA) is 93.5 Å². The number of carboxylic acid groups (broad SMARTS) is 1. The molecule has 0 aliphatic rings. The number of rotatable bonds is 2. The number of fused-ring (bicyclic) bond motifs is 1. The Kier molecular flexibility index (Phi) is 3.32. The minimum Gasteiger partial charge on any atom is -0.478 e. The third-order valence-corrected chi connectivity index (χ3v) is 3.78. The second-order valence-corrected chi connectivity index (χ2v) is 6.51. The van der Waals surface area contributed by atoms with Crippen molar-refractivity contribution in [2.75, 3.05) is 5.73 Å². The zero-order valence-electron chi connectivity index (χ0n) is 13.2. The van der Waals surface area contributed by atoms with Crippen molar-refractivity contribution in [2.45, 2.75) is 26.2 Å². The molecule has 0 aliphatic carbocycles. The van der Waals surface area contributed by atoms with Crippen LogP contribution in [0, 0.1) is 0 Å². The molecule has 2 heterocycles. The van der Waals surface area contributed by atoms with E-state index in [0.29, 0.717) is 11.2 Å². The summed E-state index contributed by atoms with van der Waals surface area (Å²) < 4.78 is 1.49. The highest BCUT2D eigenvalue weighted by Gasteiger charge is 2.17. The molecular weight excluding hydrogens is 292 g/mol. The lowest BCUT2D eigenvalue weighted by Gasteiger charge is -2.19. The van der Waals surface area contributed by atoms with Gasteiger partial charge in [0.1, 0.15) is 0 Å². The number of pyridine rings is 1. The first kappa shape index (κ1) is 15.0. The number of aromatic nitrogens is 3. The fourth-order valence-electron chi connectivity index (χ4n) is 2.50. The van der Waals surface area contributed by atoms with Gasteiger partial charge in [0.05, 0.1) is 5.56 Å². The van der Waals surface area contributed by atoms with Crippen LogP contribution >= 0.6 is 0 Å². The Labute approximate surface area is 133 Å². The Hall–Kier alpha value is -2.89. The highest BCUT2D eigenvalue weighted by atomic mass is 16.4. The fourth-order valence-corrected chi connectivity index (χ4v) is 2.50. The highest BCUT2D eigenvalue weighted by Crippen LogP contribution is 2.28. The minimum absolute atomic E-state index is 0.0401. The summed E-state index contributed by atoms with van der Waals surface area (Å²) in [5.41, 5.74) is 8.78. The van der Waals surface area contributed by atoms with Crippen molar-refractivity contribution in [1.29, 1.82) is 0 Å². The van der Waals surface area contributed by atoms with E-state index >= 15 is 0 Å². The van der Waals surface area contributed by atoms with Crippen molar-refractivity contribution in [1.82, 2.24) is 14.6 Å². The second-order valence-electron chi connectivity index (χ2n) is 6.51. The van der Waals surface area contributed by atoms with Gasteiger partial charge in [-0.15, -0.1) is 5.10 Å². The van der Waals surface area contributed by atoms with Crippen LogP contribution in [-0.4, -0.2) is 25.7 Å². The van der Waals surface area contributed by atoms with E-state index in [1.807, 2.05) is 24.3 Å². The Bertz CT molecular complexity index is 889. The number of aromatic carboxylic acids is 1. The van der Waals surface area contributed by atoms with Gasteiger partial charge < -0.3 is 10.8 Å². The van der Waals surface area contributed by atoms with Crippen LogP contribution in [0.25, 0.3) is 16.8 Å². The normalized spacial score (nSPS) is 11.8. The zero-order chi connectivity index (χ0) is 16.8. The van der Waals surface area contributed by atoms with Crippen LogP contribution in [0.4, 0.5) is 5.95 Å². The van der Waals surface area contributed by atoms with Gasteiger partial charge in [-0.25, -0.2) is 9.31 Å². The summed E-state index contributed by atoms with van der Waals surface area (Å²) >= 11 is 0. The number of carbonyl (C=O) groups is 1. The molecule has 6 heteroatoms. The molecule has 0 aliphatic heterocycles. The third kappa shape index (κ3) is 2.75. The molecular formula is C17H18N4O2. The molecule has 118 valence electrons. The van der Waals surface area contributed by atoms with E-state index < -0.39 is 5.97 Å². The monoisotopic (exact) mass is 310 g/mol. The summed E-state index contributed by atoms with van der Waals surface area (Å²) in [6, 6.07) is 9.36. The van der Waals surface area contributed by atoms with Crippen molar-refractivity contribution < 1.29 is 9.90 Å². The molecule has 0 unspecified atom stereocenters. The Balaban J connectivity index is 2.17. The summed E-state index contributed by atoms with van der Waals surface area (Å²) in [4.78, 5) is 15.6. The minimum atomic E-state index is -1.01. The third-order valence-electron chi connectivity index (χ3n) is 3.78. The first-order valence-electron chi connectivity index (χ1n) is 7.26. The Morgan fingerprint density at radius 2 is 1.87 bits per heavy atom. The molecule has 0 saturated carbocycles. The number of nitrogens with zero attached hydrogens (tertiary/aromatic N) is 3.